The van der Waals surface area contributed by atoms with Crippen LogP contribution in [0.25, 0.3) is 10.6 Å². The van der Waals surface area contributed by atoms with Crippen molar-refractivity contribution in [3.05, 3.63) is 35.6 Å². The van der Waals surface area contributed by atoms with Gasteiger partial charge in [0.1, 0.15) is 0 Å². The largest absolute Gasteiger partial charge is 0.330 e. The monoisotopic (exact) mass is 205 g/mol. The van der Waals surface area contributed by atoms with Crippen LogP contribution in [0, 0.1) is 0 Å². The number of thiophene rings is 1. The SMILES string of the molecule is NCCc1cncc(-c2cccs2)n1. The summed E-state index contributed by atoms with van der Waals surface area (Å²) in [4.78, 5) is 9.77. The number of aromatic nitrogens is 2. The molecule has 0 aliphatic carbocycles. The lowest BCUT2D eigenvalue weighted by Gasteiger charge is -1.99. The van der Waals surface area contributed by atoms with Crippen LogP contribution in [0.5, 0.6) is 0 Å². The molecule has 0 aliphatic rings. The van der Waals surface area contributed by atoms with Crippen molar-refractivity contribution < 1.29 is 0 Å². The Labute approximate surface area is 86.6 Å². The minimum Gasteiger partial charge on any atom is -0.330 e. The van der Waals surface area contributed by atoms with E-state index in [0.29, 0.717) is 6.54 Å². The van der Waals surface area contributed by atoms with E-state index >= 15 is 0 Å². The molecule has 0 aliphatic heterocycles. The molecule has 2 heterocycles. The van der Waals surface area contributed by atoms with Crippen LogP contribution < -0.4 is 5.73 Å². The smallest absolute Gasteiger partial charge is 0.0988 e. The highest BCUT2D eigenvalue weighted by molar-refractivity contribution is 7.13. The van der Waals surface area contributed by atoms with Crippen molar-refractivity contribution in [3.8, 4) is 10.6 Å². The first-order chi connectivity index (χ1) is 6.90. The maximum Gasteiger partial charge on any atom is 0.0988 e. The summed E-state index contributed by atoms with van der Waals surface area (Å²) in [5, 5.41) is 2.03. The summed E-state index contributed by atoms with van der Waals surface area (Å²) in [6.45, 7) is 0.614. The first-order valence-corrected chi connectivity index (χ1v) is 5.33. The van der Waals surface area contributed by atoms with E-state index in [4.69, 9.17) is 5.73 Å². The first-order valence-electron chi connectivity index (χ1n) is 4.45. The molecule has 4 heteroatoms. The number of nitrogens with zero attached hydrogens (tertiary/aromatic N) is 2. The molecule has 2 aromatic rings. The van der Waals surface area contributed by atoms with Gasteiger partial charge in [0.2, 0.25) is 0 Å². The van der Waals surface area contributed by atoms with Crippen LogP contribution in [-0.2, 0) is 6.42 Å². The van der Waals surface area contributed by atoms with Gasteiger partial charge in [0.15, 0.2) is 0 Å². The average Bonchev–Trinajstić information content (AvgIpc) is 2.71. The van der Waals surface area contributed by atoms with Crippen molar-refractivity contribution in [2.75, 3.05) is 6.54 Å². The third kappa shape index (κ3) is 1.97. The normalized spacial score (nSPS) is 10.4. The molecule has 0 saturated heterocycles. The summed E-state index contributed by atoms with van der Waals surface area (Å²) in [6.07, 6.45) is 4.34. The molecule has 0 amide bonds. The fourth-order valence-electron chi connectivity index (χ4n) is 1.22. The van der Waals surface area contributed by atoms with Gasteiger partial charge in [-0.15, -0.1) is 11.3 Å². The summed E-state index contributed by atoms with van der Waals surface area (Å²) in [6, 6.07) is 4.05. The second-order valence-corrected chi connectivity index (χ2v) is 3.86. The van der Waals surface area contributed by atoms with E-state index in [1.165, 1.54) is 0 Å². The van der Waals surface area contributed by atoms with Crippen LogP contribution in [0.3, 0.4) is 0 Å². The number of hydrogen-bond acceptors (Lipinski definition) is 4. The Hall–Kier alpha value is -1.26. The van der Waals surface area contributed by atoms with E-state index in [0.717, 1.165) is 22.7 Å². The van der Waals surface area contributed by atoms with E-state index in [9.17, 15) is 0 Å². The fraction of sp³-hybridized carbons (Fsp3) is 0.200. The second kappa shape index (κ2) is 4.30. The molecule has 0 spiro atoms. The zero-order valence-electron chi connectivity index (χ0n) is 7.68. The minimum absolute atomic E-state index is 0.614. The van der Waals surface area contributed by atoms with E-state index < -0.39 is 0 Å². The molecular weight excluding hydrogens is 194 g/mol. The summed E-state index contributed by atoms with van der Waals surface area (Å²) in [7, 11) is 0. The van der Waals surface area contributed by atoms with Gasteiger partial charge in [-0.3, -0.25) is 4.98 Å². The lowest BCUT2D eigenvalue weighted by molar-refractivity contribution is 0.911. The van der Waals surface area contributed by atoms with Gasteiger partial charge in [-0.05, 0) is 18.0 Å². The zero-order valence-corrected chi connectivity index (χ0v) is 8.50. The molecule has 14 heavy (non-hydrogen) atoms. The Morgan fingerprint density at radius 3 is 3.00 bits per heavy atom. The molecule has 0 fully saturated rings. The second-order valence-electron chi connectivity index (χ2n) is 2.91. The van der Waals surface area contributed by atoms with Gasteiger partial charge in [0.05, 0.1) is 22.5 Å². The van der Waals surface area contributed by atoms with Gasteiger partial charge in [0.25, 0.3) is 0 Å². The van der Waals surface area contributed by atoms with Crippen molar-refractivity contribution in [3.63, 3.8) is 0 Å². The van der Waals surface area contributed by atoms with Crippen LogP contribution >= 0.6 is 11.3 Å². The van der Waals surface area contributed by atoms with Crippen molar-refractivity contribution >= 4 is 11.3 Å². The number of hydrogen-bond donors (Lipinski definition) is 1. The van der Waals surface area contributed by atoms with Gasteiger partial charge < -0.3 is 5.73 Å². The number of nitrogens with two attached hydrogens (primary N) is 1. The highest BCUT2D eigenvalue weighted by Crippen LogP contribution is 2.21. The summed E-state index contributed by atoms with van der Waals surface area (Å²) < 4.78 is 0. The Balaban J connectivity index is 2.31. The molecule has 0 atom stereocenters. The molecule has 3 nitrogen and oxygen atoms in total. The van der Waals surface area contributed by atoms with E-state index in [-0.39, 0.29) is 0 Å². The maximum absolute atomic E-state index is 5.46. The Kier molecular flexibility index (Phi) is 2.86. The van der Waals surface area contributed by atoms with Crippen molar-refractivity contribution in [1.82, 2.24) is 9.97 Å². The minimum atomic E-state index is 0.614. The van der Waals surface area contributed by atoms with Crippen LogP contribution in [-0.4, -0.2) is 16.5 Å². The molecule has 2 rings (SSSR count). The standard InChI is InChI=1S/C10H11N3S/c11-4-3-8-6-12-7-9(13-8)10-2-1-5-14-10/h1-2,5-7H,3-4,11H2. The lowest BCUT2D eigenvalue weighted by atomic mass is 10.3. The summed E-state index contributed by atoms with van der Waals surface area (Å²) in [5.41, 5.74) is 7.36. The topological polar surface area (TPSA) is 51.8 Å². The van der Waals surface area contributed by atoms with Crippen molar-refractivity contribution in [2.45, 2.75) is 6.42 Å². The van der Waals surface area contributed by atoms with Crippen LogP contribution in [0.1, 0.15) is 5.69 Å². The van der Waals surface area contributed by atoms with Crippen LogP contribution in [0.4, 0.5) is 0 Å². The predicted octanol–water partition coefficient (Wildman–Crippen LogP) is 1.71. The van der Waals surface area contributed by atoms with Crippen molar-refractivity contribution in [2.24, 2.45) is 5.73 Å². The van der Waals surface area contributed by atoms with E-state index in [1.807, 2.05) is 17.5 Å². The molecular formula is C10H11N3S. The van der Waals surface area contributed by atoms with E-state index in [1.54, 1.807) is 23.7 Å². The van der Waals surface area contributed by atoms with Gasteiger partial charge in [-0.25, -0.2) is 4.98 Å². The average molecular weight is 205 g/mol. The molecule has 0 bridgehead atoms. The quantitative estimate of drug-likeness (QED) is 0.829. The van der Waals surface area contributed by atoms with Crippen LogP contribution in [0.15, 0.2) is 29.9 Å². The molecule has 72 valence electrons. The molecule has 0 unspecified atom stereocenters. The van der Waals surface area contributed by atoms with Gasteiger partial charge in [0, 0.05) is 12.6 Å². The highest BCUT2D eigenvalue weighted by atomic mass is 32.1. The first kappa shape index (κ1) is 9.30. The zero-order chi connectivity index (χ0) is 9.80. The summed E-state index contributed by atoms with van der Waals surface area (Å²) in [5.74, 6) is 0. The predicted molar refractivity (Wildman–Crippen MR) is 58.1 cm³/mol. The maximum atomic E-state index is 5.46. The molecule has 2 aromatic heterocycles. The molecule has 0 saturated carbocycles. The van der Waals surface area contributed by atoms with E-state index in [2.05, 4.69) is 9.97 Å². The van der Waals surface area contributed by atoms with Crippen LogP contribution in [0.2, 0.25) is 0 Å². The van der Waals surface area contributed by atoms with Crippen molar-refractivity contribution in [1.29, 1.82) is 0 Å². The summed E-state index contributed by atoms with van der Waals surface area (Å²) >= 11 is 1.67. The number of rotatable bonds is 3. The highest BCUT2D eigenvalue weighted by Gasteiger charge is 2.01. The van der Waals surface area contributed by atoms with Gasteiger partial charge in [-0.1, -0.05) is 6.07 Å². The molecule has 0 aromatic carbocycles. The molecule has 0 radical (unpaired) electrons. The third-order valence-electron chi connectivity index (χ3n) is 1.86. The van der Waals surface area contributed by atoms with Gasteiger partial charge in [-0.2, -0.15) is 0 Å². The Morgan fingerprint density at radius 1 is 1.36 bits per heavy atom. The molecule has 2 N–H and O–H groups in total. The fourth-order valence-corrected chi connectivity index (χ4v) is 1.90. The van der Waals surface area contributed by atoms with Gasteiger partial charge >= 0.3 is 0 Å². The Bertz CT molecular complexity index is 398. The Morgan fingerprint density at radius 2 is 2.29 bits per heavy atom. The lowest BCUT2D eigenvalue weighted by Crippen LogP contribution is -2.05. The third-order valence-corrected chi connectivity index (χ3v) is 2.75.